The van der Waals surface area contributed by atoms with Gasteiger partial charge in [-0.25, -0.2) is 24.9 Å². The Morgan fingerprint density at radius 3 is 2.03 bits per heavy atom. The molecule has 150 valence electrons. The Bertz CT molecular complexity index is 1000. The normalized spacial score (nSPS) is 9.55. The van der Waals surface area contributed by atoms with Crippen molar-refractivity contribution in [2.75, 3.05) is 7.11 Å². The summed E-state index contributed by atoms with van der Waals surface area (Å²) < 4.78 is 5.15. The molecule has 7 heteroatoms. The molecule has 4 rings (SSSR count). The summed E-state index contributed by atoms with van der Waals surface area (Å²) >= 11 is 0. The molecule has 0 aliphatic rings. The smallest absolute Gasteiger partial charge is 0.195 e. The van der Waals surface area contributed by atoms with Gasteiger partial charge in [-0.05, 0) is 38.1 Å². The highest BCUT2D eigenvalue weighted by atomic mass is 16.5. The summed E-state index contributed by atoms with van der Waals surface area (Å²) in [6.07, 6.45) is 6.92. The molecule has 0 atom stereocenters. The third-order valence-corrected chi connectivity index (χ3v) is 3.63. The van der Waals surface area contributed by atoms with Crippen molar-refractivity contribution in [3.8, 4) is 28.8 Å². The number of benzene rings is 1. The van der Waals surface area contributed by atoms with Crippen LogP contribution < -0.4 is 4.74 Å². The minimum Gasteiger partial charge on any atom is -0.497 e. The third-order valence-electron chi connectivity index (χ3n) is 3.63. The summed E-state index contributed by atoms with van der Waals surface area (Å²) in [5.74, 6) is 2.89. The Morgan fingerprint density at radius 1 is 0.793 bits per heavy atom. The SMILES string of the molecule is CC.COc1cccc(-c2nccc(C)n2)c1.Cc1ccnc(-c2ncc[nH]2)n1. The summed E-state index contributed by atoms with van der Waals surface area (Å²) in [5.41, 5.74) is 2.87. The van der Waals surface area contributed by atoms with Gasteiger partial charge in [0.2, 0.25) is 0 Å². The highest BCUT2D eigenvalue weighted by Crippen LogP contribution is 2.20. The first-order valence-corrected chi connectivity index (χ1v) is 9.39. The lowest BCUT2D eigenvalue weighted by atomic mass is 10.2. The van der Waals surface area contributed by atoms with E-state index < -0.39 is 0 Å². The molecule has 7 nitrogen and oxygen atoms in total. The fraction of sp³-hybridized carbons (Fsp3) is 0.227. The predicted octanol–water partition coefficient (Wildman–Crippen LogP) is 4.66. The lowest BCUT2D eigenvalue weighted by Gasteiger charge is -2.03. The van der Waals surface area contributed by atoms with Crippen LogP contribution >= 0.6 is 0 Å². The molecule has 0 bridgehead atoms. The number of aromatic nitrogens is 6. The van der Waals surface area contributed by atoms with E-state index in [0.717, 1.165) is 28.5 Å². The van der Waals surface area contributed by atoms with Crippen LogP contribution in [0.25, 0.3) is 23.0 Å². The van der Waals surface area contributed by atoms with E-state index in [1.165, 1.54) is 0 Å². The van der Waals surface area contributed by atoms with Gasteiger partial charge in [0, 0.05) is 41.7 Å². The molecular weight excluding hydrogens is 364 g/mol. The van der Waals surface area contributed by atoms with Crippen LogP contribution in [0.4, 0.5) is 0 Å². The first kappa shape index (κ1) is 21.7. The number of hydrogen-bond acceptors (Lipinski definition) is 6. The molecule has 1 aromatic carbocycles. The van der Waals surface area contributed by atoms with Gasteiger partial charge in [-0.3, -0.25) is 0 Å². The molecular formula is C22H26N6O. The zero-order valence-electron chi connectivity index (χ0n) is 17.4. The van der Waals surface area contributed by atoms with E-state index in [-0.39, 0.29) is 0 Å². The number of aryl methyl sites for hydroxylation is 2. The van der Waals surface area contributed by atoms with Gasteiger partial charge in [0.05, 0.1) is 7.11 Å². The van der Waals surface area contributed by atoms with E-state index in [9.17, 15) is 0 Å². The lowest BCUT2D eigenvalue weighted by molar-refractivity contribution is 0.415. The Hall–Kier alpha value is -3.61. The van der Waals surface area contributed by atoms with E-state index in [2.05, 4.69) is 29.9 Å². The van der Waals surface area contributed by atoms with E-state index >= 15 is 0 Å². The second-order valence-corrected chi connectivity index (χ2v) is 5.71. The number of ether oxygens (including phenoxy) is 1. The van der Waals surface area contributed by atoms with Gasteiger partial charge in [0.25, 0.3) is 0 Å². The van der Waals surface area contributed by atoms with Crippen molar-refractivity contribution >= 4 is 0 Å². The lowest BCUT2D eigenvalue weighted by Crippen LogP contribution is -1.91. The number of methoxy groups -OCH3 is 1. The second-order valence-electron chi connectivity index (χ2n) is 5.71. The largest absolute Gasteiger partial charge is 0.497 e. The monoisotopic (exact) mass is 390 g/mol. The number of imidazole rings is 1. The minimum absolute atomic E-state index is 0.639. The van der Waals surface area contributed by atoms with Crippen LogP contribution in [-0.4, -0.2) is 37.0 Å². The number of aromatic amines is 1. The van der Waals surface area contributed by atoms with E-state index in [1.54, 1.807) is 31.9 Å². The molecule has 0 aliphatic carbocycles. The van der Waals surface area contributed by atoms with Gasteiger partial charge in [0.1, 0.15) is 5.75 Å². The number of rotatable bonds is 3. The highest BCUT2D eigenvalue weighted by Gasteiger charge is 2.02. The Morgan fingerprint density at radius 2 is 1.45 bits per heavy atom. The maximum atomic E-state index is 5.15. The maximum Gasteiger partial charge on any atom is 0.195 e. The average Bonchev–Trinajstić information content (AvgIpc) is 3.31. The van der Waals surface area contributed by atoms with Crippen LogP contribution in [0.15, 0.2) is 61.2 Å². The fourth-order valence-corrected chi connectivity index (χ4v) is 2.30. The molecule has 0 amide bonds. The second kappa shape index (κ2) is 11.3. The number of nitrogens with one attached hydrogen (secondary N) is 1. The Labute approximate surface area is 171 Å². The Kier molecular flexibility index (Phi) is 8.44. The van der Waals surface area contributed by atoms with Gasteiger partial charge < -0.3 is 9.72 Å². The van der Waals surface area contributed by atoms with Gasteiger partial charge in [-0.15, -0.1) is 0 Å². The minimum atomic E-state index is 0.639. The van der Waals surface area contributed by atoms with Crippen molar-refractivity contribution in [1.82, 2.24) is 29.9 Å². The molecule has 3 aromatic heterocycles. The molecule has 0 fully saturated rings. The third kappa shape index (κ3) is 6.49. The van der Waals surface area contributed by atoms with Crippen LogP contribution in [0.1, 0.15) is 25.2 Å². The zero-order chi connectivity index (χ0) is 21.1. The summed E-state index contributed by atoms with van der Waals surface area (Å²) in [5, 5.41) is 0. The van der Waals surface area contributed by atoms with Crippen molar-refractivity contribution in [3.05, 3.63) is 72.6 Å². The van der Waals surface area contributed by atoms with Crippen LogP contribution in [-0.2, 0) is 0 Å². The molecule has 0 aliphatic heterocycles. The standard InChI is InChI=1S/C12H12N2O.C8H8N4.C2H6/c1-9-6-7-13-12(14-9)10-4-3-5-11(8-10)15-2;1-6-2-3-9-8(12-6)7-10-4-5-11-7;1-2/h3-8H,1-2H3;2-5H,1H3,(H,10,11);1-2H3. The number of hydrogen-bond donors (Lipinski definition) is 1. The van der Waals surface area contributed by atoms with Gasteiger partial charge in [-0.1, -0.05) is 26.0 Å². The Balaban J connectivity index is 0.000000194. The summed E-state index contributed by atoms with van der Waals surface area (Å²) in [7, 11) is 1.65. The van der Waals surface area contributed by atoms with Crippen molar-refractivity contribution in [1.29, 1.82) is 0 Å². The van der Waals surface area contributed by atoms with Crippen molar-refractivity contribution < 1.29 is 4.74 Å². The van der Waals surface area contributed by atoms with E-state index in [0.29, 0.717) is 11.6 Å². The van der Waals surface area contributed by atoms with Gasteiger partial charge in [0.15, 0.2) is 17.5 Å². The van der Waals surface area contributed by atoms with Crippen molar-refractivity contribution in [2.45, 2.75) is 27.7 Å². The van der Waals surface area contributed by atoms with Crippen molar-refractivity contribution in [2.24, 2.45) is 0 Å². The molecule has 29 heavy (non-hydrogen) atoms. The topological polar surface area (TPSA) is 89.5 Å². The predicted molar refractivity (Wildman–Crippen MR) is 114 cm³/mol. The quantitative estimate of drug-likeness (QED) is 0.547. The van der Waals surface area contributed by atoms with Crippen LogP contribution in [0.5, 0.6) is 5.75 Å². The fourth-order valence-electron chi connectivity index (χ4n) is 2.30. The number of H-pyrrole nitrogens is 1. The zero-order valence-corrected chi connectivity index (χ0v) is 17.4. The summed E-state index contributed by atoms with van der Waals surface area (Å²) in [6.45, 7) is 7.87. The molecule has 0 radical (unpaired) electrons. The molecule has 1 N–H and O–H groups in total. The first-order valence-electron chi connectivity index (χ1n) is 9.39. The van der Waals surface area contributed by atoms with Gasteiger partial charge >= 0.3 is 0 Å². The highest BCUT2D eigenvalue weighted by molar-refractivity contribution is 5.57. The molecule has 0 saturated heterocycles. The average molecular weight is 390 g/mol. The summed E-state index contributed by atoms with van der Waals surface area (Å²) in [6, 6.07) is 11.5. The van der Waals surface area contributed by atoms with Gasteiger partial charge in [-0.2, -0.15) is 0 Å². The molecule has 4 aromatic rings. The molecule has 3 heterocycles. The van der Waals surface area contributed by atoms with Crippen LogP contribution in [0.2, 0.25) is 0 Å². The van der Waals surface area contributed by atoms with E-state index in [1.807, 2.05) is 64.1 Å². The summed E-state index contributed by atoms with van der Waals surface area (Å²) in [4.78, 5) is 23.9. The molecule has 0 spiro atoms. The van der Waals surface area contributed by atoms with Crippen LogP contribution in [0.3, 0.4) is 0 Å². The van der Waals surface area contributed by atoms with Crippen LogP contribution in [0, 0.1) is 13.8 Å². The molecule has 0 saturated carbocycles. The first-order chi connectivity index (χ1) is 14.2. The number of nitrogens with zero attached hydrogens (tertiary/aromatic N) is 5. The maximum absolute atomic E-state index is 5.15. The van der Waals surface area contributed by atoms with Crippen molar-refractivity contribution in [3.63, 3.8) is 0 Å². The van der Waals surface area contributed by atoms with E-state index in [4.69, 9.17) is 4.74 Å². The molecule has 0 unspecified atom stereocenters.